The number of carbonyl (C=O) groups is 1. The Labute approximate surface area is 141 Å². The van der Waals surface area contributed by atoms with Crippen LogP contribution in [0.15, 0.2) is 28.1 Å². The van der Waals surface area contributed by atoms with Gasteiger partial charge in [-0.15, -0.1) is 0 Å². The van der Waals surface area contributed by atoms with Crippen LogP contribution < -0.4 is 10.5 Å². The molecule has 0 radical (unpaired) electrons. The Balaban J connectivity index is 1.69. The second-order valence-corrected chi connectivity index (χ2v) is 7.09. The third-order valence-electron chi connectivity index (χ3n) is 4.25. The van der Waals surface area contributed by atoms with Crippen molar-refractivity contribution in [2.24, 2.45) is 10.7 Å². The number of rotatable bonds is 4. The Bertz CT molecular complexity index is 634. The smallest absolute Gasteiger partial charge is 0.159 e. The van der Waals surface area contributed by atoms with Crippen molar-refractivity contribution in [3.8, 4) is 5.75 Å². The summed E-state index contributed by atoms with van der Waals surface area (Å²) in [7, 11) is 0. The molecule has 1 fully saturated rings. The zero-order valence-electron chi connectivity index (χ0n) is 13.2. The monoisotopic (exact) mass is 330 g/mol. The standard InChI is InChI=1S/C18H22N2O2S/c19-18(20-15-4-2-1-3-5-15)23-16(12-21)11-13-6-7-17-14(10-13)8-9-22-17/h6-7,10-12,15H,1-5,8-9H2,(H2,19,20)/b16-11-. The lowest BCUT2D eigenvalue weighted by Gasteiger charge is -2.17. The molecule has 2 aliphatic rings. The number of benzene rings is 1. The maximum absolute atomic E-state index is 11.3. The molecule has 0 aromatic heterocycles. The highest BCUT2D eigenvalue weighted by Crippen LogP contribution is 2.28. The largest absolute Gasteiger partial charge is 0.493 e. The molecule has 0 amide bonds. The van der Waals surface area contributed by atoms with Crippen molar-refractivity contribution in [2.45, 2.75) is 44.6 Å². The molecule has 0 spiro atoms. The number of hydrogen-bond donors (Lipinski definition) is 1. The van der Waals surface area contributed by atoms with Crippen LogP contribution in [-0.2, 0) is 11.2 Å². The van der Waals surface area contributed by atoms with E-state index < -0.39 is 0 Å². The van der Waals surface area contributed by atoms with Gasteiger partial charge in [0.15, 0.2) is 11.5 Å². The Morgan fingerprint density at radius 2 is 2.13 bits per heavy atom. The van der Waals surface area contributed by atoms with Gasteiger partial charge in [-0.25, -0.2) is 0 Å². The summed E-state index contributed by atoms with van der Waals surface area (Å²) in [6.45, 7) is 0.735. The number of ether oxygens (including phenoxy) is 1. The second kappa shape index (κ2) is 7.68. The van der Waals surface area contributed by atoms with E-state index in [0.717, 1.165) is 43.5 Å². The normalized spacial score (nSPS) is 19.3. The molecule has 0 unspecified atom stereocenters. The van der Waals surface area contributed by atoms with E-state index in [1.54, 1.807) is 0 Å². The van der Waals surface area contributed by atoms with Crippen LogP contribution >= 0.6 is 11.8 Å². The average Bonchev–Trinajstić information content (AvgIpc) is 3.02. The van der Waals surface area contributed by atoms with Crippen LogP contribution in [0.4, 0.5) is 0 Å². The highest BCUT2D eigenvalue weighted by Gasteiger charge is 2.14. The SMILES string of the molecule is N/C(=N/C1CCCCC1)S/C(C=O)=C\c1ccc2c(c1)CCO2. The van der Waals surface area contributed by atoms with E-state index in [4.69, 9.17) is 10.5 Å². The first kappa shape index (κ1) is 16.1. The number of thioether (sulfide) groups is 1. The summed E-state index contributed by atoms with van der Waals surface area (Å²) >= 11 is 1.26. The second-order valence-electron chi connectivity index (χ2n) is 5.99. The first-order valence-corrected chi connectivity index (χ1v) is 9.00. The molecule has 0 saturated heterocycles. The van der Waals surface area contributed by atoms with Gasteiger partial charge in [-0.05, 0) is 53.9 Å². The van der Waals surface area contributed by atoms with Crippen LogP contribution in [0.5, 0.6) is 5.75 Å². The fourth-order valence-electron chi connectivity index (χ4n) is 3.09. The third-order valence-corrected chi connectivity index (χ3v) is 5.01. The number of aliphatic imine (C=N–C) groups is 1. The molecule has 0 bridgehead atoms. The van der Waals surface area contributed by atoms with Gasteiger partial charge < -0.3 is 10.5 Å². The van der Waals surface area contributed by atoms with Crippen LogP contribution in [0.25, 0.3) is 6.08 Å². The highest BCUT2D eigenvalue weighted by atomic mass is 32.2. The molecular weight excluding hydrogens is 308 g/mol. The number of nitrogens with two attached hydrogens (primary N) is 1. The fourth-order valence-corrected chi connectivity index (χ4v) is 3.77. The van der Waals surface area contributed by atoms with Crippen molar-refractivity contribution in [1.82, 2.24) is 0 Å². The molecule has 3 rings (SSSR count). The molecule has 4 nitrogen and oxygen atoms in total. The van der Waals surface area contributed by atoms with Crippen molar-refractivity contribution < 1.29 is 9.53 Å². The number of allylic oxidation sites excluding steroid dienone is 1. The lowest BCUT2D eigenvalue weighted by Crippen LogP contribution is -2.16. The number of fused-ring (bicyclic) bond motifs is 1. The van der Waals surface area contributed by atoms with E-state index >= 15 is 0 Å². The average molecular weight is 330 g/mol. The van der Waals surface area contributed by atoms with Crippen LogP contribution in [0.3, 0.4) is 0 Å². The number of carbonyl (C=O) groups excluding carboxylic acids is 1. The van der Waals surface area contributed by atoms with Crippen molar-refractivity contribution in [3.63, 3.8) is 0 Å². The molecule has 1 aliphatic heterocycles. The molecule has 122 valence electrons. The lowest BCUT2D eigenvalue weighted by atomic mass is 9.96. The quantitative estimate of drug-likeness (QED) is 0.397. The molecule has 1 aliphatic carbocycles. The first-order valence-electron chi connectivity index (χ1n) is 8.18. The third kappa shape index (κ3) is 4.38. The van der Waals surface area contributed by atoms with Gasteiger partial charge in [-0.1, -0.05) is 25.3 Å². The van der Waals surface area contributed by atoms with Crippen LogP contribution in [0.2, 0.25) is 0 Å². The summed E-state index contributed by atoms with van der Waals surface area (Å²) in [4.78, 5) is 16.5. The Morgan fingerprint density at radius 1 is 1.30 bits per heavy atom. The molecule has 1 aromatic carbocycles. The van der Waals surface area contributed by atoms with E-state index in [2.05, 4.69) is 11.1 Å². The van der Waals surface area contributed by atoms with E-state index in [1.807, 2.05) is 18.2 Å². The minimum atomic E-state index is 0.321. The van der Waals surface area contributed by atoms with Gasteiger partial charge in [0.05, 0.1) is 17.6 Å². The minimum absolute atomic E-state index is 0.321. The zero-order chi connectivity index (χ0) is 16.1. The molecule has 0 atom stereocenters. The van der Waals surface area contributed by atoms with Gasteiger partial charge in [0.2, 0.25) is 0 Å². The number of hydrogen-bond acceptors (Lipinski definition) is 4. The Hall–Kier alpha value is -1.75. The predicted octanol–water partition coefficient (Wildman–Crippen LogP) is 3.54. The molecule has 1 saturated carbocycles. The van der Waals surface area contributed by atoms with Crippen molar-refractivity contribution >= 4 is 29.3 Å². The van der Waals surface area contributed by atoms with Gasteiger partial charge in [-0.2, -0.15) is 0 Å². The summed E-state index contributed by atoms with van der Waals surface area (Å²) in [5.41, 5.74) is 8.21. The summed E-state index contributed by atoms with van der Waals surface area (Å²) in [5, 5.41) is 0.486. The van der Waals surface area contributed by atoms with Gasteiger partial charge in [0.25, 0.3) is 0 Å². The van der Waals surface area contributed by atoms with Gasteiger partial charge in [-0.3, -0.25) is 9.79 Å². The van der Waals surface area contributed by atoms with E-state index in [1.165, 1.54) is 36.6 Å². The van der Waals surface area contributed by atoms with Crippen molar-refractivity contribution in [2.75, 3.05) is 6.61 Å². The fraction of sp³-hybridized carbons (Fsp3) is 0.444. The van der Waals surface area contributed by atoms with Crippen molar-refractivity contribution in [1.29, 1.82) is 0 Å². The topological polar surface area (TPSA) is 64.7 Å². The number of aldehydes is 1. The van der Waals surface area contributed by atoms with E-state index in [-0.39, 0.29) is 0 Å². The van der Waals surface area contributed by atoms with E-state index in [0.29, 0.717) is 16.1 Å². The molecule has 1 heterocycles. The summed E-state index contributed by atoms with van der Waals surface area (Å²) in [6, 6.07) is 6.31. The van der Waals surface area contributed by atoms with Gasteiger partial charge in [0.1, 0.15) is 5.75 Å². The Morgan fingerprint density at radius 3 is 2.91 bits per heavy atom. The van der Waals surface area contributed by atoms with Gasteiger partial charge in [0, 0.05) is 6.42 Å². The van der Waals surface area contributed by atoms with Crippen molar-refractivity contribution in [3.05, 3.63) is 34.2 Å². The number of nitrogens with zero attached hydrogens (tertiary/aromatic N) is 1. The lowest BCUT2D eigenvalue weighted by molar-refractivity contribution is -0.104. The molecule has 5 heteroatoms. The summed E-state index contributed by atoms with van der Waals surface area (Å²) in [5.74, 6) is 0.945. The molecule has 23 heavy (non-hydrogen) atoms. The zero-order valence-corrected chi connectivity index (χ0v) is 14.0. The maximum atomic E-state index is 11.3. The summed E-state index contributed by atoms with van der Waals surface area (Å²) in [6.07, 6.45) is 9.57. The molecular formula is C18H22N2O2S. The number of amidine groups is 1. The van der Waals surface area contributed by atoms with Crippen LogP contribution in [0.1, 0.15) is 43.2 Å². The maximum Gasteiger partial charge on any atom is 0.159 e. The minimum Gasteiger partial charge on any atom is -0.493 e. The molecule has 1 aromatic rings. The Kier molecular flexibility index (Phi) is 5.39. The summed E-state index contributed by atoms with van der Waals surface area (Å²) < 4.78 is 5.50. The van der Waals surface area contributed by atoms with Crippen LogP contribution in [-0.4, -0.2) is 24.1 Å². The first-order chi connectivity index (χ1) is 11.2. The highest BCUT2D eigenvalue weighted by molar-refractivity contribution is 8.17. The molecule has 2 N–H and O–H groups in total. The van der Waals surface area contributed by atoms with E-state index in [9.17, 15) is 4.79 Å². The van der Waals surface area contributed by atoms with Gasteiger partial charge >= 0.3 is 0 Å². The van der Waals surface area contributed by atoms with Crippen LogP contribution in [0, 0.1) is 0 Å². The predicted molar refractivity (Wildman–Crippen MR) is 95.8 cm³/mol.